The molecule has 0 spiro atoms. The van der Waals surface area contributed by atoms with E-state index in [1.807, 2.05) is 0 Å². The maximum absolute atomic E-state index is 12.8. The van der Waals surface area contributed by atoms with E-state index in [4.69, 9.17) is 27.9 Å². The van der Waals surface area contributed by atoms with Gasteiger partial charge in [0.05, 0.1) is 21.8 Å². The van der Waals surface area contributed by atoms with Crippen molar-refractivity contribution in [3.8, 4) is 11.4 Å². The van der Waals surface area contributed by atoms with Crippen LogP contribution >= 0.6 is 23.2 Å². The Labute approximate surface area is 175 Å². The first kappa shape index (κ1) is 21.3. The lowest BCUT2D eigenvalue weighted by Gasteiger charge is -2.10. The number of ether oxygens (including phenoxy) is 1. The number of sulfonamides is 1. The first-order chi connectivity index (χ1) is 13.8. The van der Waals surface area contributed by atoms with Gasteiger partial charge in [-0.25, -0.2) is 17.5 Å². The lowest BCUT2D eigenvalue weighted by Crippen LogP contribution is -2.28. The fraction of sp³-hybridized carbons (Fsp3) is 0.111. The van der Waals surface area contributed by atoms with Crippen LogP contribution < -0.4 is 15.0 Å². The number of hydrogen-bond acceptors (Lipinski definition) is 5. The average molecular weight is 458 g/mol. The molecule has 0 bridgehead atoms. The molecule has 0 aliphatic heterocycles. The topological polar surface area (TPSA) is 90.3 Å². The lowest BCUT2D eigenvalue weighted by atomic mass is 10.3. The van der Waals surface area contributed by atoms with Gasteiger partial charge < -0.3 is 4.74 Å². The molecule has 0 amide bonds. The molecule has 0 atom stereocenters. The van der Waals surface area contributed by atoms with E-state index in [2.05, 4.69) is 9.82 Å². The Morgan fingerprint density at radius 3 is 2.38 bits per heavy atom. The van der Waals surface area contributed by atoms with Crippen LogP contribution in [0.4, 0.5) is 4.39 Å². The quantitative estimate of drug-likeness (QED) is 0.550. The fourth-order valence-corrected chi connectivity index (χ4v) is 3.59. The van der Waals surface area contributed by atoms with Crippen molar-refractivity contribution in [2.75, 3.05) is 13.2 Å². The Morgan fingerprint density at radius 2 is 1.72 bits per heavy atom. The van der Waals surface area contributed by atoms with E-state index >= 15 is 0 Å². The predicted molar refractivity (Wildman–Crippen MR) is 107 cm³/mol. The summed E-state index contributed by atoms with van der Waals surface area (Å²) in [6.07, 6.45) is 1.22. The van der Waals surface area contributed by atoms with E-state index in [0.29, 0.717) is 11.4 Å². The Morgan fingerprint density at radius 1 is 1.07 bits per heavy atom. The number of aromatic nitrogens is 2. The summed E-state index contributed by atoms with van der Waals surface area (Å²) in [6.45, 7) is 0.0702. The van der Waals surface area contributed by atoms with Crippen LogP contribution in [0.2, 0.25) is 10.0 Å². The summed E-state index contributed by atoms with van der Waals surface area (Å²) in [7, 11) is -3.79. The van der Waals surface area contributed by atoms with E-state index in [1.165, 1.54) is 54.7 Å². The third-order valence-corrected chi connectivity index (χ3v) is 5.97. The highest BCUT2D eigenvalue weighted by atomic mass is 35.5. The van der Waals surface area contributed by atoms with Crippen LogP contribution in [0.1, 0.15) is 0 Å². The van der Waals surface area contributed by atoms with Gasteiger partial charge in [-0.2, -0.15) is 9.78 Å². The normalized spacial score (nSPS) is 11.4. The van der Waals surface area contributed by atoms with Gasteiger partial charge in [-0.3, -0.25) is 4.79 Å². The van der Waals surface area contributed by atoms with Crippen molar-refractivity contribution in [3.63, 3.8) is 0 Å². The molecule has 2 aromatic carbocycles. The van der Waals surface area contributed by atoms with E-state index in [1.54, 1.807) is 0 Å². The minimum atomic E-state index is -3.79. The fourth-order valence-electron chi connectivity index (χ4n) is 2.32. The first-order valence-electron chi connectivity index (χ1n) is 8.20. The van der Waals surface area contributed by atoms with Gasteiger partial charge in [-0.05, 0) is 48.5 Å². The van der Waals surface area contributed by atoms with Crippen LogP contribution in [0.3, 0.4) is 0 Å². The Balaban J connectivity index is 1.64. The van der Waals surface area contributed by atoms with Crippen molar-refractivity contribution >= 4 is 33.2 Å². The molecule has 0 saturated heterocycles. The second-order valence-electron chi connectivity index (χ2n) is 5.72. The third kappa shape index (κ3) is 5.13. The van der Waals surface area contributed by atoms with Crippen molar-refractivity contribution in [1.29, 1.82) is 0 Å². The maximum Gasteiger partial charge on any atom is 0.291 e. The molecule has 152 valence electrons. The van der Waals surface area contributed by atoms with Gasteiger partial charge >= 0.3 is 0 Å². The molecule has 7 nitrogen and oxygen atoms in total. The molecule has 0 saturated carbocycles. The first-order valence-corrected chi connectivity index (χ1v) is 10.4. The lowest BCUT2D eigenvalue weighted by molar-refractivity contribution is 0.322. The van der Waals surface area contributed by atoms with Crippen LogP contribution in [-0.4, -0.2) is 31.3 Å². The average Bonchev–Trinajstić information content (AvgIpc) is 2.71. The molecule has 0 unspecified atom stereocenters. The van der Waals surface area contributed by atoms with Crippen molar-refractivity contribution in [2.24, 2.45) is 0 Å². The summed E-state index contributed by atoms with van der Waals surface area (Å²) in [5, 5.41) is 3.73. The van der Waals surface area contributed by atoms with Crippen LogP contribution in [0.5, 0.6) is 5.75 Å². The van der Waals surface area contributed by atoms with Gasteiger partial charge in [-0.15, -0.1) is 0 Å². The van der Waals surface area contributed by atoms with Gasteiger partial charge in [0.1, 0.15) is 23.2 Å². The highest BCUT2D eigenvalue weighted by molar-refractivity contribution is 7.89. The highest BCUT2D eigenvalue weighted by Crippen LogP contribution is 2.17. The Hall–Kier alpha value is -2.46. The monoisotopic (exact) mass is 457 g/mol. The van der Waals surface area contributed by atoms with Crippen LogP contribution in [-0.2, 0) is 10.0 Å². The summed E-state index contributed by atoms with van der Waals surface area (Å²) in [5.74, 6) is 0.0364. The summed E-state index contributed by atoms with van der Waals surface area (Å²) in [6, 6.07) is 10.9. The minimum absolute atomic E-state index is 0.00357. The van der Waals surface area contributed by atoms with Crippen LogP contribution in [0.25, 0.3) is 5.69 Å². The second-order valence-corrected chi connectivity index (χ2v) is 8.27. The van der Waals surface area contributed by atoms with Gasteiger partial charge in [0.15, 0.2) is 0 Å². The van der Waals surface area contributed by atoms with Crippen LogP contribution in [0.15, 0.2) is 64.4 Å². The molecule has 29 heavy (non-hydrogen) atoms. The summed E-state index contributed by atoms with van der Waals surface area (Å²) in [5.41, 5.74) is -0.294. The second kappa shape index (κ2) is 8.91. The van der Waals surface area contributed by atoms with Crippen molar-refractivity contribution in [2.45, 2.75) is 4.90 Å². The number of rotatable bonds is 7. The zero-order valence-electron chi connectivity index (χ0n) is 14.7. The highest BCUT2D eigenvalue weighted by Gasteiger charge is 2.15. The summed E-state index contributed by atoms with van der Waals surface area (Å²) < 4.78 is 46.3. The largest absolute Gasteiger partial charge is 0.492 e. The summed E-state index contributed by atoms with van der Waals surface area (Å²) >= 11 is 11.6. The van der Waals surface area contributed by atoms with Crippen LogP contribution in [0, 0.1) is 5.82 Å². The molecule has 0 radical (unpaired) electrons. The van der Waals surface area contributed by atoms with Gasteiger partial charge in [-0.1, -0.05) is 23.2 Å². The van der Waals surface area contributed by atoms with Gasteiger partial charge in [0.2, 0.25) is 10.0 Å². The standard InChI is InChI=1S/C18H14Cl2FN3O4S/c19-16-11-22-24(18(25)17(16)20)13-3-7-15(8-4-13)29(26,27)23-9-10-28-14-5-1-12(21)2-6-14/h1-8,11,23H,9-10H2. The predicted octanol–water partition coefficient (Wildman–Crippen LogP) is 3.04. The number of halogens is 3. The number of benzene rings is 2. The van der Waals surface area contributed by atoms with Crippen molar-refractivity contribution in [3.05, 3.63) is 80.9 Å². The molecule has 3 aromatic rings. The zero-order valence-corrected chi connectivity index (χ0v) is 17.0. The van der Waals surface area contributed by atoms with Crippen molar-refractivity contribution in [1.82, 2.24) is 14.5 Å². The zero-order chi connectivity index (χ0) is 21.0. The summed E-state index contributed by atoms with van der Waals surface area (Å²) in [4.78, 5) is 12.1. The smallest absolute Gasteiger partial charge is 0.291 e. The van der Waals surface area contributed by atoms with Gasteiger partial charge in [0.25, 0.3) is 5.56 Å². The van der Waals surface area contributed by atoms with E-state index in [9.17, 15) is 17.6 Å². The molecule has 1 aromatic heterocycles. The third-order valence-electron chi connectivity index (χ3n) is 3.74. The van der Waals surface area contributed by atoms with Gasteiger partial charge in [0, 0.05) is 6.54 Å². The van der Waals surface area contributed by atoms with Crippen molar-refractivity contribution < 1.29 is 17.5 Å². The molecule has 1 N–H and O–H groups in total. The molecule has 0 fully saturated rings. The maximum atomic E-state index is 12.8. The number of hydrogen-bond donors (Lipinski definition) is 1. The molecular formula is C18H14Cl2FN3O4S. The molecular weight excluding hydrogens is 444 g/mol. The minimum Gasteiger partial charge on any atom is -0.492 e. The molecule has 11 heteroatoms. The number of nitrogens with zero attached hydrogens (tertiary/aromatic N) is 2. The Kier molecular flexibility index (Phi) is 6.53. The Bertz CT molecular complexity index is 1170. The molecule has 1 heterocycles. The number of nitrogens with one attached hydrogen (secondary N) is 1. The molecule has 0 aliphatic carbocycles. The van der Waals surface area contributed by atoms with E-state index < -0.39 is 15.6 Å². The molecule has 3 rings (SSSR count). The van der Waals surface area contributed by atoms with E-state index in [-0.39, 0.29) is 33.9 Å². The van der Waals surface area contributed by atoms with E-state index in [0.717, 1.165) is 4.68 Å². The SMILES string of the molecule is O=c1c(Cl)c(Cl)cnn1-c1ccc(S(=O)(=O)NCCOc2ccc(F)cc2)cc1. The molecule has 0 aliphatic rings.